The molecule has 0 saturated carbocycles. The Morgan fingerprint density at radius 1 is 1.16 bits per heavy atom. The fourth-order valence-electron chi connectivity index (χ4n) is 3.63. The van der Waals surface area contributed by atoms with Crippen LogP contribution in [0.2, 0.25) is 5.02 Å². The number of Topliss-reactive ketones (excluding diaryl/α,β-unsaturated/α-hetero) is 1. The number of rotatable bonds is 5. The third kappa shape index (κ3) is 3.75. The average molecular weight is 440 g/mol. The number of phenolic OH excluding ortho intramolecular Hbond substituents is 1. The Kier molecular flexibility index (Phi) is 5.44. The SMILES string of the molecule is COc1ccc(C2/C(=C(/O)c3cccc(Cl)c3)C(=O)C(=O)N2Cc2ccco2)cc1O. The van der Waals surface area contributed by atoms with Gasteiger partial charge in [-0.25, -0.2) is 0 Å². The summed E-state index contributed by atoms with van der Waals surface area (Å²) in [5, 5.41) is 21.6. The molecule has 3 aromatic rings. The molecule has 7 nitrogen and oxygen atoms in total. The first-order chi connectivity index (χ1) is 14.9. The Morgan fingerprint density at radius 3 is 2.61 bits per heavy atom. The van der Waals surface area contributed by atoms with Gasteiger partial charge in [0.1, 0.15) is 11.5 Å². The van der Waals surface area contributed by atoms with Gasteiger partial charge in [-0.2, -0.15) is 0 Å². The Balaban J connectivity index is 1.89. The second-order valence-electron chi connectivity index (χ2n) is 6.95. The predicted octanol–water partition coefficient (Wildman–Crippen LogP) is 4.27. The van der Waals surface area contributed by atoms with E-state index < -0.39 is 17.7 Å². The van der Waals surface area contributed by atoms with E-state index in [1.54, 1.807) is 36.4 Å². The first kappa shape index (κ1) is 20.6. The van der Waals surface area contributed by atoms with E-state index in [-0.39, 0.29) is 29.4 Å². The highest BCUT2D eigenvalue weighted by molar-refractivity contribution is 6.46. The van der Waals surface area contributed by atoms with Crippen LogP contribution in [0.4, 0.5) is 0 Å². The van der Waals surface area contributed by atoms with Gasteiger partial charge in [-0.15, -0.1) is 0 Å². The standard InChI is InChI=1S/C23H18ClNO6/c1-30-18-8-7-13(11-17(18)26)20-19(21(27)14-4-2-5-15(24)10-14)22(28)23(29)25(20)12-16-6-3-9-31-16/h2-11,20,26-27H,12H2,1H3/b21-19-. The number of aliphatic hydroxyl groups is 1. The number of likely N-dealkylation sites (tertiary alicyclic amines) is 1. The maximum atomic E-state index is 13.0. The number of hydrogen-bond donors (Lipinski definition) is 2. The third-order valence-corrected chi connectivity index (χ3v) is 5.30. The Labute approximate surface area is 182 Å². The summed E-state index contributed by atoms with van der Waals surface area (Å²) in [5.74, 6) is -1.45. The summed E-state index contributed by atoms with van der Waals surface area (Å²) in [5.41, 5.74) is 0.613. The monoisotopic (exact) mass is 439 g/mol. The van der Waals surface area contributed by atoms with E-state index in [0.29, 0.717) is 21.9 Å². The van der Waals surface area contributed by atoms with E-state index >= 15 is 0 Å². The summed E-state index contributed by atoms with van der Waals surface area (Å²) >= 11 is 6.04. The van der Waals surface area contributed by atoms with Gasteiger partial charge in [-0.3, -0.25) is 9.59 Å². The van der Waals surface area contributed by atoms with Crippen molar-refractivity contribution in [3.05, 3.63) is 88.3 Å². The van der Waals surface area contributed by atoms with E-state index in [2.05, 4.69) is 0 Å². The van der Waals surface area contributed by atoms with Crippen LogP contribution in [0.15, 0.2) is 70.9 Å². The lowest BCUT2D eigenvalue weighted by Crippen LogP contribution is -2.29. The molecule has 1 aliphatic rings. The number of furan rings is 1. The zero-order valence-corrected chi connectivity index (χ0v) is 17.2. The van der Waals surface area contributed by atoms with Crippen LogP contribution in [0.25, 0.3) is 5.76 Å². The number of hydrogen-bond acceptors (Lipinski definition) is 6. The predicted molar refractivity (Wildman–Crippen MR) is 113 cm³/mol. The number of benzene rings is 2. The van der Waals surface area contributed by atoms with Crippen LogP contribution in [-0.4, -0.2) is 33.9 Å². The van der Waals surface area contributed by atoms with Crippen molar-refractivity contribution in [2.75, 3.05) is 7.11 Å². The summed E-state index contributed by atoms with van der Waals surface area (Å²) in [4.78, 5) is 27.2. The zero-order valence-electron chi connectivity index (χ0n) is 16.4. The van der Waals surface area contributed by atoms with Crippen LogP contribution in [-0.2, 0) is 16.1 Å². The van der Waals surface area contributed by atoms with Crippen molar-refractivity contribution in [2.45, 2.75) is 12.6 Å². The molecule has 0 aliphatic carbocycles. The molecule has 1 aromatic heterocycles. The molecule has 1 saturated heterocycles. The van der Waals surface area contributed by atoms with Crippen molar-refractivity contribution in [1.29, 1.82) is 0 Å². The molecule has 1 aliphatic heterocycles. The van der Waals surface area contributed by atoms with Crippen molar-refractivity contribution >= 4 is 29.1 Å². The number of methoxy groups -OCH3 is 1. The molecule has 4 rings (SSSR count). The minimum Gasteiger partial charge on any atom is -0.507 e. The first-order valence-corrected chi connectivity index (χ1v) is 9.72. The van der Waals surface area contributed by atoms with Crippen molar-refractivity contribution in [3.8, 4) is 11.5 Å². The molecular formula is C23H18ClNO6. The smallest absolute Gasteiger partial charge is 0.296 e. The highest BCUT2D eigenvalue weighted by atomic mass is 35.5. The van der Waals surface area contributed by atoms with Crippen molar-refractivity contribution < 1.29 is 29.0 Å². The van der Waals surface area contributed by atoms with E-state index in [1.807, 2.05) is 0 Å². The van der Waals surface area contributed by atoms with Gasteiger partial charge in [-0.05, 0) is 42.0 Å². The fourth-order valence-corrected chi connectivity index (χ4v) is 3.82. The van der Waals surface area contributed by atoms with Crippen LogP contribution >= 0.6 is 11.6 Å². The van der Waals surface area contributed by atoms with Gasteiger partial charge in [0.15, 0.2) is 11.5 Å². The number of amides is 1. The molecule has 0 bridgehead atoms. The summed E-state index contributed by atoms with van der Waals surface area (Å²) in [6.07, 6.45) is 1.46. The van der Waals surface area contributed by atoms with Gasteiger partial charge in [0.2, 0.25) is 0 Å². The normalized spacial score (nSPS) is 17.9. The summed E-state index contributed by atoms with van der Waals surface area (Å²) < 4.78 is 10.4. The lowest BCUT2D eigenvalue weighted by atomic mass is 9.95. The first-order valence-electron chi connectivity index (χ1n) is 9.34. The minimum absolute atomic E-state index is 0.00135. The van der Waals surface area contributed by atoms with Crippen molar-refractivity contribution in [3.63, 3.8) is 0 Å². The number of carbonyl (C=O) groups is 2. The molecule has 1 unspecified atom stereocenters. The summed E-state index contributed by atoms with van der Waals surface area (Å²) in [7, 11) is 1.41. The van der Waals surface area contributed by atoms with Crippen LogP contribution < -0.4 is 4.74 Å². The molecule has 2 aromatic carbocycles. The number of aromatic hydroxyl groups is 1. The Bertz CT molecular complexity index is 1180. The van der Waals surface area contributed by atoms with Gasteiger partial charge < -0.3 is 24.3 Å². The number of ketones is 1. The number of nitrogens with zero attached hydrogens (tertiary/aromatic N) is 1. The zero-order chi connectivity index (χ0) is 22.1. The topological polar surface area (TPSA) is 100 Å². The van der Waals surface area contributed by atoms with Gasteiger partial charge in [-0.1, -0.05) is 29.8 Å². The molecule has 2 N–H and O–H groups in total. The molecular weight excluding hydrogens is 422 g/mol. The molecule has 2 heterocycles. The van der Waals surface area contributed by atoms with Crippen LogP contribution in [0.1, 0.15) is 22.9 Å². The van der Waals surface area contributed by atoms with Gasteiger partial charge in [0.25, 0.3) is 11.7 Å². The largest absolute Gasteiger partial charge is 0.507 e. The number of ether oxygens (including phenoxy) is 1. The van der Waals surface area contributed by atoms with Gasteiger partial charge in [0, 0.05) is 10.6 Å². The fraction of sp³-hybridized carbons (Fsp3) is 0.130. The number of aliphatic hydroxyl groups excluding tert-OH is 1. The summed E-state index contributed by atoms with van der Waals surface area (Å²) in [6.45, 7) is 0.00135. The van der Waals surface area contributed by atoms with Crippen LogP contribution in [0.5, 0.6) is 11.5 Å². The van der Waals surface area contributed by atoms with Crippen molar-refractivity contribution in [2.24, 2.45) is 0 Å². The highest BCUT2D eigenvalue weighted by Crippen LogP contribution is 2.42. The maximum Gasteiger partial charge on any atom is 0.296 e. The molecule has 1 atom stereocenters. The number of halogens is 1. The maximum absolute atomic E-state index is 13.0. The molecule has 8 heteroatoms. The molecule has 1 amide bonds. The van der Waals surface area contributed by atoms with Crippen molar-refractivity contribution in [1.82, 2.24) is 4.90 Å². The van der Waals surface area contributed by atoms with Gasteiger partial charge >= 0.3 is 0 Å². The lowest BCUT2D eigenvalue weighted by Gasteiger charge is -2.25. The van der Waals surface area contributed by atoms with Gasteiger partial charge in [0.05, 0.1) is 31.5 Å². The Morgan fingerprint density at radius 2 is 1.97 bits per heavy atom. The average Bonchev–Trinajstić information content (AvgIpc) is 3.35. The second kappa shape index (κ2) is 8.20. The third-order valence-electron chi connectivity index (χ3n) is 5.06. The van der Waals surface area contributed by atoms with E-state index in [0.717, 1.165) is 0 Å². The van der Waals surface area contributed by atoms with Crippen LogP contribution in [0.3, 0.4) is 0 Å². The minimum atomic E-state index is -0.958. The van der Waals surface area contributed by atoms with Crippen LogP contribution in [0, 0.1) is 0 Å². The molecule has 0 spiro atoms. The molecule has 31 heavy (non-hydrogen) atoms. The van der Waals surface area contributed by atoms with E-state index in [1.165, 1.54) is 36.5 Å². The number of carbonyl (C=O) groups excluding carboxylic acids is 2. The quantitative estimate of drug-likeness (QED) is 0.350. The van der Waals surface area contributed by atoms with E-state index in [9.17, 15) is 19.8 Å². The number of phenols is 1. The lowest BCUT2D eigenvalue weighted by molar-refractivity contribution is -0.140. The Hall–Kier alpha value is -3.71. The molecule has 1 fully saturated rings. The molecule has 158 valence electrons. The highest BCUT2D eigenvalue weighted by Gasteiger charge is 2.46. The molecule has 0 radical (unpaired) electrons. The second-order valence-corrected chi connectivity index (χ2v) is 7.38. The summed E-state index contributed by atoms with van der Waals surface area (Å²) in [6, 6.07) is 13.3. The van der Waals surface area contributed by atoms with E-state index in [4.69, 9.17) is 20.8 Å².